The summed E-state index contributed by atoms with van der Waals surface area (Å²) >= 11 is 1.74. The molecule has 0 radical (unpaired) electrons. The average Bonchev–Trinajstić information content (AvgIpc) is 2.42. The lowest BCUT2D eigenvalue weighted by Gasteiger charge is -2.17. The Morgan fingerprint density at radius 2 is 2.00 bits per heavy atom. The Labute approximate surface area is 114 Å². The molecule has 18 heavy (non-hydrogen) atoms. The zero-order valence-corrected chi connectivity index (χ0v) is 12.2. The van der Waals surface area contributed by atoms with Crippen LogP contribution in [0.5, 0.6) is 0 Å². The van der Waals surface area contributed by atoms with E-state index in [-0.39, 0.29) is 5.91 Å². The first kappa shape index (κ1) is 15.1. The Kier molecular flexibility index (Phi) is 6.83. The van der Waals surface area contributed by atoms with E-state index in [4.69, 9.17) is 0 Å². The van der Waals surface area contributed by atoms with Gasteiger partial charge >= 0.3 is 0 Å². The van der Waals surface area contributed by atoms with Crippen LogP contribution in [0.3, 0.4) is 0 Å². The number of benzene rings is 1. The fourth-order valence-electron chi connectivity index (χ4n) is 1.58. The van der Waals surface area contributed by atoms with Gasteiger partial charge in [-0.3, -0.25) is 4.79 Å². The molecule has 0 heterocycles. The highest BCUT2D eigenvalue weighted by molar-refractivity contribution is 7.98. The smallest absolute Gasteiger partial charge is 0.236 e. The first-order valence-electron chi connectivity index (χ1n) is 6.25. The molecule has 1 aromatic carbocycles. The number of nitrogens with zero attached hydrogens (tertiary/aromatic N) is 1. The molecule has 1 aromatic rings. The van der Waals surface area contributed by atoms with E-state index in [9.17, 15) is 4.79 Å². The molecular weight excluding hydrogens is 244 g/mol. The molecule has 100 valence electrons. The van der Waals surface area contributed by atoms with Crippen molar-refractivity contribution in [1.29, 1.82) is 0 Å². The van der Waals surface area contributed by atoms with E-state index in [1.165, 1.54) is 10.5 Å². The number of carbonyl (C=O) groups is 1. The maximum absolute atomic E-state index is 11.7. The topological polar surface area (TPSA) is 32.3 Å². The molecule has 1 N–H and O–H groups in total. The predicted octanol–water partition coefficient (Wildman–Crippen LogP) is 2.02. The van der Waals surface area contributed by atoms with Crippen LogP contribution >= 0.6 is 11.8 Å². The van der Waals surface area contributed by atoms with E-state index in [1.54, 1.807) is 16.7 Å². The van der Waals surface area contributed by atoms with Gasteiger partial charge in [0.25, 0.3) is 0 Å². The van der Waals surface area contributed by atoms with Gasteiger partial charge in [0.15, 0.2) is 0 Å². The summed E-state index contributed by atoms with van der Waals surface area (Å²) in [5, 5.41) is 3.05. The van der Waals surface area contributed by atoms with Crippen molar-refractivity contribution in [2.75, 3.05) is 32.9 Å². The van der Waals surface area contributed by atoms with Crippen LogP contribution in [0.4, 0.5) is 0 Å². The second-order valence-electron chi connectivity index (χ2n) is 4.19. The Hall–Kier alpha value is -1.00. The Balaban J connectivity index is 2.36. The average molecular weight is 266 g/mol. The van der Waals surface area contributed by atoms with Gasteiger partial charge in [0.2, 0.25) is 5.91 Å². The van der Waals surface area contributed by atoms with Gasteiger partial charge in [0, 0.05) is 18.5 Å². The molecule has 0 aliphatic carbocycles. The molecule has 0 unspecified atom stereocenters. The Morgan fingerprint density at radius 3 is 2.56 bits per heavy atom. The SMILES string of the molecule is CCNCC(=O)N(C)CCc1ccc(SC)cc1. The van der Waals surface area contributed by atoms with Crippen molar-refractivity contribution in [2.45, 2.75) is 18.2 Å². The molecule has 0 spiro atoms. The molecule has 1 rings (SSSR count). The Morgan fingerprint density at radius 1 is 1.33 bits per heavy atom. The maximum Gasteiger partial charge on any atom is 0.236 e. The van der Waals surface area contributed by atoms with Gasteiger partial charge in [-0.2, -0.15) is 0 Å². The van der Waals surface area contributed by atoms with Crippen molar-refractivity contribution in [2.24, 2.45) is 0 Å². The highest BCUT2D eigenvalue weighted by Crippen LogP contribution is 2.15. The third-order valence-electron chi connectivity index (χ3n) is 2.85. The van der Waals surface area contributed by atoms with E-state index in [2.05, 4.69) is 35.8 Å². The lowest BCUT2D eigenvalue weighted by Crippen LogP contribution is -2.36. The van der Waals surface area contributed by atoms with Gasteiger partial charge in [-0.05, 0) is 36.9 Å². The predicted molar refractivity (Wildman–Crippen MR) is 78.1 cm³/mol. The van der Waals surface area contributed by atoms with Crippen LogP contribution in [0.25, 0.3) is 0 Å². The largest absolute Gasteiger partial charge is 0.344 e. The molecular formula is C14H22N2OS. The fourth-order valence-corrected chi connectivity index (χ4v) is 1.99. The molecule has 0 aliphatic heterocycles. The van der Waals surface area contributed by atoms with E-state index in [1.807, 2.05) is 14.0 Å². The van der Waals surface area contributed by atoms with Crippen LogP contribution in [-0.4, -0.2) is 43.7 Å². The number of thioether (sulfide) groups is 1. The summed E-state index contributed by atoms with van der Waals surface area (Å²) < 4.78 is 0. The maximum atomic E-state index is 11.7. The highest BCUT2D eigenvalue weighted by atomic mass is 32.2. The molecule has 0 saturated carbocycles. The highest BCUT2D eigenvalue weighted by Gasteiger charge is 2.07. The summed E-state index contributed by atoms with van der Waals surface area (Å²) in [5.41, 5.74) is 1.27. The second kappa shape index (κ2) is 8.16. The number of carbonyl (C=O) groups excluding carboxylic acids is 1. The number of likely N-dealkylation sites (N-methyl/N-ethyl adjacent to an activating group) is 2. The normalized spacial score (nSPS) is 10.4. The van der Waals surface area contributed by atoms with Crippen LogP contribution in [0.1, 0.15) is 12.5 Å². The minimum absolute atomic E-state index is 0.151. The van der Waals surface area contributed by atoms with Crippen LogP contribution in [0.2, 0.25) is 0 Å². The molecule has 4 heteroatoms. The molecule has 0 aromatic heterocycles. The van der Waals surface area contributed by atoms with Crippen molar-refractivity contribution in [1.82, 2.24) is 10.2 Å². The number of hydrogen-bond acceptors (Lipinski definition) is 3. The summed E-state index contributed by atoms with van der Waals surface area (Å²) in [6.07, 6.45) is 2.98. The minimum atomic E-state index is 0.151. The molecule has 3 nitrogen and oxygen atoms in total. The van der Waals surface area contributed by atoms with Gasteiger partial charge < -0.3 is 10.2 Å². The van der Waals surface area contributed by atoms with E-state index in [0.29, 0.717) is 6.54 Å². The summed E-state index contributed by atoms with van der Waals surface area (Å²) in [5.74, 6) is 0.151. The van der Waals surface area contributed by atoms with Crippen molar-refractivity contribution in [3.63, 3.8) is 0 Å². The standard InChI is InChI=1S/C14H22N2OS/c1-4-15-11-14(17)16(2)10-9-12-5-7-13(18-3)8-6-12/h5-8,15H,4,9-11H2,1-3H3. The lowest BCUT2D eigenvalue weighted by molar-refractivity contribution is -0.128. The third kappa shape index (κ3) is 5.10. The molecule has 1 amide bonds. The fraction of sp³-hybridized carbons (Fsp3) is 0.500. The molecule has 0 bridgehead atoms. The monoisotopic (exact) mass is 266 g/mol. The van der Waals surface area contributed by atoms with Crippen molar-refractivity contribution in [3.05, 3.63) is 29.8 Å². The van der Waals surface area contributed by atoms with E-state index in [0.717, 1.165) is 19.5 Å². The van der Waals surface area contributed by atoms with Crippen molar-refractivity contribution < 1.29 is 4.79 Å². The first-order valence-corrected chi connectivity index (χ1v) is 7.47. The summed E-state index contributed by atoms with van der Waals surface area (Å²) in [4.78, 5) is 14.7. The van der Waals surface area contributed by atoms with Gasteiger partial charge in [-0.25, -0.2) is 0 Å². The number of rotatable bonds is 7. The molecule has 0 saturated heterocycles. The third-order valence-corrected chi connectivity index (χ3v) is 3.59. The van der Waals surface area contributed by atoms with Gasteiger partial charge in [0.1, 0.15) is 0 Å². The van der Waals surface area contributed by atoms with Gasteiger partial charge in [-0.1, -0.05) is 19.1 Å². The molecule has 0 fully saturated rings. The molecule has 0 aliphatic rings. The summed E-state index contributed by atoms with van der Waals surface area (Å²) in [6, 6.07) is 8.52. The van der Waals surface area contributed by atoms with Crippen LogP contribution in [0, 0.1) is 0 Å². The zero-order valence-electron chi connectivity index (χ0n) is 11.4. The van der Waals surface area contributed by atoms with Crippen LogP contribution in [0.15, 0.2) is 29.2 Å². The second-order valence-corrected chi connectivity index (χ2v) is 5.07. The van der Waals surface area contributed by atoms with E-state index < -0.39 is 0 Å². The number of nitrogens with one attached hydrogen (secondary N) is 1. The summed E-state index contributed by atoms with van der Waals surface area (Å²) in [7, 11) is 1.86. The van der Waals surface area contributed by atoms with Crippen molar-refractivity contribution in [3.8, 4) is 0 Å². The lowest BCUT2D eigenvalue weighted by atomic mass is 10.1. The quantitative estimate of drug-likeness (QED) is 0.766. The zero-order chi connectivity index (χ0) is 13.4. The van der Waals surface area contributed by atoms with Gasteiger partial charge in [0.05, 0.1) is 6.54 Å². The minimum Gasteiger partial charge on any atom is -0.344 e. The molecule has 0 atom stereocenters. The van der Waals surface area contributed by atoms with Crippen LogP contribution < -0.4 is 5.32 Å². The number of amides is 1. The van der Waals surface area contributed by atoms with Gasteiger partial charge in [-0.15, -0.1) is 11.8 Å². The van der Waals surface area contributed by atoms with E-state index >= 15 is 0 Å². The Bertz CT molecular complexity index is 365. The summed E-state index contributed by atoms with van der Waals surface area (Å²) in [6.45, 7) is 4.03. The number of hydrogen-bond donors (Lipinski definition) is 1. The first-order chi connectivity index (χ1) is 8.67. The van der Waals surface area contributed by atoms with Crippen molar-refractivity contribution >= 4 is 17.7 Å². The van der Waals surface area contributed by atoms with Crippen LogP contribution in [-0.2, 0) is 11.2 Å².